The molecule has 1 heteroatoms. The lowest BCUT2D eigenvalue weighted by Gasteiger charge is -2.11. The zero-order valence-corrected chi connectivity index (χ0v) is 10.5. The standard InChI is InChI=1S/C14H19N/c1-7-8(2)10(4)14-13(9(7)3)11(5)12(6)15-14/h15H,1-6H3. The summed E-state index contributed by atoms with van der Waals surface area (Å²) in [6.07, 6.45) is 0. The molecule has 15 heavy (non-hydrogen) atoms. The van der Waals surface area contributed by atoms with E-state index in [-0.39, 0.29) is 0 Å². The molecule has 0 aliphatic heterocycles. The number of nitrogens with one attached hydrogen (secondary N) is 1. The Morgan fingerprint density at radius 1 is 0.600 bits per heavy atom. The molecule has 0 saturated heterocycles. The third-order valence-electron chi connectivity index (χ3n) is 3.94. The van der Waals surface area contributed by atoms with Gasteiger partial charge >= 0.3 is 0 Å². The molecule has 1 aromatic heterocycles. The Labute approximate surface area is 91.5 Å². The van der Waals surface area contributed by atoms with Crippen LogP contribution in [0.15, 0.2) is 0 Å². The number of fused-ring (bicyclic) bond motifs is 1. The van der Waals surface area contributed by atoms with Gasteiger partial charge in [0.05, 0.1) is 0 Å². The first kappa shape index (κ1) is 10.3. The summed E-state index contributed by atoms with van der Waals surface area (Å²) in [5.74, 6) is 0. The van der Waals surface area contributed by atoms with E-state index in [1.807, 2.05) is 0 Å². The second-order valence-corrected chi connectivity index (χ2v) is 4.62. The number of aromatic nitrogens is 1. The highest BCUT2D eigenvalue weighted by Gasteiger charge is 2.13. The van der Waals surface area contributed by atoms with Gasteiger partial charge in [0, 0.05) is 16.6 Å². The van der Waals surface area contributed by atoms with E-state index in [9.17, 15) is 0 Å². The summed E-state index contributed by atoms with van der Waals surface area (Å²) in [4.78, 5) is 3.50. The number of H-pyrrole nitrogens is 1. The van der Waals surface area contributed by atoms with Crippen LogP contribution in [0.5, 0.6) is 0 Å². The second kappa shape index (κ2) is 3.13. The van der Waals surface area contributed by atoms with Crippen molar-refractivity contribution in [1.82, 2.24) is 4.98 Å². The normalized spacial score (nSPS) is 11.3. The molecule has 1 nitrogen and oxygen atoms in total. The van der Waals surface area contributed by atoms with E-state index in [2.05, 4.69) is 46.5 Å². The second-order valence-electron chi connectivity index (χ2n) is 4.62. The van der Waals surface area contributed by atoms with E-state index in [0.29, 0.717) is 0 Å². The van der Waals surface area contributed by atoms with Gasteiger partial charge in [-0.15, -0.1) is 0 Å². The molecule has 2 rings (SSSR count). The topological polar surface area (TPSA) is 15.8 Å². The monoisotopic (exact) mass is 201 g/mol. The molecule has 80 valence electrons. The highest BCUT2D eigenvalue weighted by Crippen LogP contribution is 2.32. The zero-order valence-electron chi connectivity index (χ0n) is 10.5. The van der Waals surface area contributed by atoms with E-state index < -0.39 is 0 Å². The van der Waals surface area contributed by atoms with E-state index in [4.69, 9.17) is 0 Å². The molecule has 1 heterocycles. The highest BCUT2D eigenvalue weighted by molar-refractivity contribution is 5.92. The Kier molecular flexibility index (Phi) is 2.14. The van der Waals surface area contributed by atoms with Crippen LogP contribution in [0, 0.1) is 41.5 Å². The van der Waals surface area contributed by atoms with Crippen LogP contribution in [0.4, 0.5) is 0 Å². The fraction of sp³-hybridized carbons (Fsp3) is 0.429. The predicted octanol–water partition coefficient (Wildman–Crippen LogP) is 4.02. The number of hydrogen-bond acceptors (Lipinski definition) is 0. The molecule has 0 unspecified atom stereocenters. The molecule has 0 saturated carbocycles. The third kappa shape index (κ3) is 1.22. The number of aromatic amines is 1. The van der Waals surface area contributed by atoms with Crippen LogP contribution < -0.4 is 0 Å². The average Bonchev–Trinajstić information content (AvgIpc) is 2.50. The minimum atomic E-state index is 1.29. The summed E-state index contributed by atoms with van der Waals surface area (Å²) < 4.78 is 0. The molecule has 1 N–H and O–H groups in total. The first-order chi connectivity index (χ1) is 6.95. The SMILES string of the molecule is Cc1[nH]c2c(C)c(C)c(C)c(C)c2c1C. The Morgan fingerprint density at radius 3 is 1.73 bits per heavy atom. The van der Waals surface area contributed by atoms with Crippen molar-refractivity contribution in [3.05, 3.63) is 33.5 Å². The molecular weight excluding hydrogens is 182 g/mol. The quantitative estimate of drug-likeness (QED) is 0.662. The van der Waals surface area contributed by atoms with Crippen LogP contribution in [-0.4, -0.2) is 4.98 Å². The molecule has 0 atom stereocenters. The van der Waals surface area contributed by atoms with Crippen LogP contribution in [0.1, 0.15) is 33.5 Å². The van der Waals surface area contributed by atoms with E-state index in [1.54, 1.807) is 0 Å². The number of rotatable bonds is 0. The Hall–Kier alpha value is -1.24. The minimum absolute atomic E-state index is 1.29. The summed E-state index contributed by atoms with van der Waals surface area (Å²) in [5.41, 5.74) is 9.68. The summed E-state index contributed by atoms with van der Waals surface area (Å²) >= 11 is 0. The van der Waals surface area contributed by atoms with Gasteiger partial charge in [0.15, 0.2) is 0 Å². The van der Waals surface area contributed by atoms with Crippen molar-refractivity contribution >= 4 is 10.9 Å². The van der Waals surface area contributed by atoms with Gasteiger partial charge in [0.1, 0.15) is 0 Å². The Bertz CT molecular complexity index is 544. The summed E-state index contributed by atoms with van der Waals surface area (Å²) in [6, 6.07) is 0. The molecule has 0 aliphatic carbocycles. The molecular formula is C14H19N. The van der Waals surface area contributed by atoms with Crippen molar-refractivity contribution in [2.75, 3.05) is 0 Å². The molecule has 1 aromatic carbocycles. The van der Waals surface area contributed by atoms with Gasteiger partial charge in [-0.2, -0.15) is 0 Å². The fourth-order valence-electron chi connectivity index (χ4n) is 2.41. The fourth-order valence-corrected chi connectivity index (χ4v) is 2.41. The lowest BCUT2D eigenvalue weighted by atomic mass is 9.94. The van der Waals surface area contributed by atoms with Gasteiger partial charge in [-0.05, 0) is 69.4 Å². The largest absolute Gasteiger partial charge is 0.358 e. The summed E-state index contributed by atoms with van der Waals surface area (Å²) in [6.45, 7) is 13.2. The molecule has 0 spiro atoms. The molecule has 0 radical (unpaired) electrons. The molecule has 2 aromatic rings. The van der Waals surface area contributed by atoms with Crippen molar-refractivity contribution in [3.63, 3.8) is 0 Å². The third-order valence-corrected chi connectivity index (χ3v) is 3.94. The first-order valence-corrected chi connectivity index (χ1v) is 5.50. The van der Waals surface area contributed by atoms with Crippen molar-refractivity contribution in [1.29, 1.82) is 0 Å². The molecule has 0 aliphatic rings. The number of aryl methyl sites for hydroxylation is 4. The number of hydrogen-bond donors (Lipinski definition) is 1. The van der Waals surface area contributed by atoms with Gasteiger partial charge in [-0.25, -0.2) is 0 Å². The van der Waals surface area contributed by atoms with Crippen LogP contribution in [-0.2, 0) is 0 Å². The minimum Gasteiger partial charge on any atom is -0.358 e. The van der Waals surface area contributed by atoms with Crippen molar-refractivity contribution in [2.45, 2.75) is 41.5 Å². The van der Waals surface area contributed by atoms with Crippen molar-refractivity contribution in [3.8, 4) is 0 Å². The van der Waals surface area contributed by atoms with E-state index in [0.717, 1.165) is 0 Å². The molecule has 0 fully saturated rings. The lowest BCUT2D eigenvalue weighted by Crippen LogP contribution is -1.93. The number of benzene rings is 1. The maximum atomic E-state index is 3.50. The smallest absolute Gasteiger partial charge is 0.0494 e. The van der Waals surface area contributed by atoms with Gasteiger partial charge < -0.3 is 4.98 Å². The van der Waals surface area contributed by atoms with E-state index in [1.165, 1.54) is 44.4 Å². The first-order valence-electron chi connectivity index (χ1n) is 5.50. The van der Waals surface area contributed by atoms with Gasteiger partial charge in [-0.3, -0.25) is 0 Å². The van der Waals surface area contributed by atoms with E-state index >= 15 is 0 Å². The van der Waals surface area contributed by atoms with Gasteiger partial charge in [0.2, 0.25) is 0 Å². The highest BCUT2D eigenvalue weighted by atomic mass is 14.7. The summed E-state index contributed by atoms with van der Waals surface area (Å²) in [7, 11) is 0. The zero-order chi connectivity index (χ0) is 11.3. The average molecular weight is 201 g/mol. The van der Waals surface area contributed by atoms with Gasteiger partial charge in [0.25, 0.3) is 0 Å². The van der Waals surface area contributed by atoms with Crippen LogP contribution >= 0.6 is 0 Å². The van der Waals surface area contributed by atoms with Crippen LogP contribution in [0.3, 0.4) is 0 Å². The molecule has 0 amide bonds. The van der Waals surface area contributed by atoms with Gasteiger partial charge in [-0.1, -0.05) is 0 Å². The lowest BCUT2D eigenvalue weighted by molar-refractivity contribution is 1.22. The van der Waals surface area contributed by atoms with Crippen LogP contribution in [0.2, 0.25) is 0 Å². The maximum Gasteiger partial charge on any atom is 0.0494 e. The maximum absolute atomic E-state index is 3.50. The van der Waals surface area contributed by atoms with Crippen molar-refractivity contribution in [2.24, 2.45) is 0 Å². The Balaban J connectivity index is 3.07. The Morgan fingerprint density at radius 2 is 1.13 bits per heavy atom. The van der Waals surface area contributed by atoms with Crippen molar-refractivity contribution < 1.29 is 0 Å². The summed E-state index contributed by atoms with van der Waals surface area (Å²) in [5, 5.41) is 1.42. The molecule has 0 bridgehead atoms. The van der Waals surface area contributed by atoms with Crippen LogP contribution in [0.25, 0.3) is 10.9 Å². The predicted molar refractivity (Wildman–Crippen MR) is 66.7 cm³/mol.